The third-order valence-electron chi connectivity index (χ3n) is 2.90. The van der Waals surface area contributed by atoms with Gasteiger partial charge in [0.2, 0.25) is 0 Å². The van der Waals surface area contributed by atoms with E-state index in [1.807, 2.05) is 53.7 Å². The molecule has 0 spiro atoms. The Bertz CT molecular complexity index is 421. The van der Waals surface area contributed by atoms with Gasteiger partial charge in [0.05, 0.1) is 0 Å². The van der Waals surface area contributed by atoms with Crippen LogP contribution in [-0.2, 0) is 9.47 Å². The van der Waals surface area contributed by atoms with Crippen molar-refractivity contribution < 1.29 is 9.47 Å². The van der Waals surface area contributed by atoms with Gasteiger partial charge in [-0.25, -0.2) is 0 Å². The van der Waals surface area contributed by atoms with Gasteiger partial charge in [0, 0.05) is 0 Å². The Morgan fingerprint density at radius 2 is 1.58 bits per heavy atom. The van der Waals surface area contributed by atoms with Crippen molar-refractivity contribution in [2.45, 2.75) is 59.5 Å². The number of fused-ring (bicyclic) bond motifs is 3. The fourth-order valence-electron chi connectivity index (χ4n) is 2.29. The van der Waals surface area contributed by atoms with Crippen molar-refractivity contribution in [3.05, 3.63) is 41.5 Å². The molecule has 19 heavy (non-hydrogen) atoms. The minimum Gasteiger partial charge on any atom is -0.340 e. The molecule has 2 heteroatoms. The first kappa shape index (κ1) is 15.9. The fraction of sp³-hybridized carbons (Fsp3) is 0.529. The lowest BCUT2D eigenvalue weighted by Gasteiger charge is -2.20. The highest BCUT2D eigenvalue weighted by Gasteiger charge is 2.42. The number of benzene rings is 1. The highest BCUT2D eigenvalue weighted by atomic mass is 16.7. The van der Waals surface area contributed by atoms with E-state index >= 15 is 0 Å². The van der Waals surface area contributed by atoms with Crippen molar-refractivity contribution in [3.63, 3.8) is 0 Å². The predicted molar refractivity (Wildman–Crippen MR) is 81.0 cm³/mol. The van der Waals surface area contributed by atoms with Crippen LogP contribution in [0, 0.1) is 0 Å². The molecule has 2 nitrogen and oxygen atoms in total. The molecule has 2 unspecified atom stereocenters. The molecule has 0 N–H and O–H groups in total. The Morgan fingerprint density at radius 3 is 2.26 bits per heavy atom. The van der Waals surface area contributed by atoms with Crippen LogP contribution < -0.4 is 0 Å². The van der Waals surface area contributed by atoms with Crippen molar-refractivity contribution in [2.75, 3.05) is 0 Å². The summed E-state index contributed by atoms with van der Waals surface area (Å²) in [7, 11) is 0. The Morgan fingerprint density at radius 1 is 0.947 bits per heavy atom. The van der Waals surface area contributed by atoms with Gasteiger partial charge in [0.25, 0.3) is 0 Å². The minimum atomic E-state index is -0.475. The van der Waals surface area contributed by atoms with E-state index in [1.54, 1.807) is 0 Å². The van der Waals surface area contributed by atoms with Crippen LogP contribution in [0.1, 0.15) is 58.8 Å². The van der Waals surface area contributed by atoms with Gasteiger partial charge in [-0.2, -0.15) is 0 Å². The molecule has 0 saturated carbocycles. The smallest absolute Gasteiger partial charge is 0.164 e. The lowest BCUT2D eigenvalue weighted by atomic mass is 9.93. The van der Waals surface area contributed by atoms with E-state index in [0.29, 0.717) is 0 Å². The van der Waals surface area contributed by atoms with Crippen molar-refractivity contribution in [3.8, 4) is 0 Å². The monoisotopic (exact) mass is 262 g/mol. The lowest BCUT2D eigenvalue weighted by molar-refractivity contribution is -0.143. The molecule has 1 fully saturated rings. The molecular formula is C17H26O2. The molecule has 1 aliphatic heterocycles. The zero-order chi connectivity index (χ0) is 14.5. The van der Waals surface area contributed by atoms with Crippen LogP contribution in [0.4, 0.5) is 0 Å². The van der Waals surface area contributed by atoms with Crippen molar-refractivity contribution in [1.82, 2.24) is 0 Å². The summed E-state index contributed by atoms with van der Waals surface area (Å²) in [4.78, 5) is 0. The maximum absolute atomic E-state index is 5.91. The molecule has 2 atom stereocenters. The molecule has 0 amide bonds. The third-order valence-corrected chi connectivity index (χ3v) is 2.90. The van der Waals surface area contributed by atoms with Crippen LogP contribution in [-0.4, -0.2) is 11.9 Å². The average molecular weight is 262 g/mol. The van der Waals surface area contributed by atoms with Gasteiger partial charge in [0.1, 0.15) is 12.2 Å². The second kappa shape index (κ2) is 6.88. The first-order chi connectivity index (χ1) is 9.16. The Hall–Kier alpha value is -1.12. The van der Waals surface area contributed by atoms with Crippen LogP contribution in [0.3, 0.4) is 0 Å². The van der Waals surface area contributed by atoms with Gasteiger partial charge in [-0.15, -0.1) is 0 Å². The van der Waals surface area contributed by atoms with Crippen LogP contribution in [0.25, 0.3) is 6.08 Å². The third kappa shape index (κ3) is 3.46. The summed E-state index contributed by atoms with van der Waals surface area (Å²) in [5, 5.41) is 0. The quantitative estimate of drug-likeness (QED) is 0.658. The summed E-state index contributed by atoms with van der Waals surface area (Å²) in [5.41, 5.74) is 2.47. The predicted octanol–water partition coefficient (Wildman–Crippen LogP) is 4.96. The average Bonchev–Trinajstić information content (AvgIpc) is 2.78. The summed E-state index contributed by atoms with van der Waals surface area (Å²) < 4.78 is 11.7. The second-order valence-electron chi connectivity index (χ2n) is 4.51. The van der Waals surface area contributed by atoms with E-state index in [2.05, 4.69) is 24.3 Å². The highest BCUT2D eigenvalue weighted by Crippen LogP contribution is 2.42. The first-order valence-electron chi connectivity index (χ1n) is 7.28. The lowest BCUT2D eigenvalue weighted by Crippen LogP contribution is -2.20. The molecule has 1 heterocycles. The molecule has 1 saturated heterocycles. The molecule has 1 aromatic rings. The van der Waals surface area contributed by atoms with Crippen molar-refractivity contribution >= 4 is 6.08 Å². The number of ether oxygens (including phenoxy) is 2. The molecular weight excluding hydrogens is 236 g/mol. The van der Waals surface area contributed by atoms with E-state index in [4.69, 9.17) is 9.47 Å². The normalized spacial score (nSPS) is 25.2. The molecule has 0 bridgehead atoms. The Balaban J connectivity index is 0.000000415. The molecule has 1 aliphatic carbocycles. The second-order valence-corrected chi connectivity index (χ2v) is 4.51. The maximum Gasteiger partial charge on any atom is 0.164 e. The van der Waals surface area contributed by atoms with E-state index < -0.39 is 5.79 Å². The highest BCUT2D eigenvalue weighted by molar-refractivity contribution is 5.58. The SMILES string of the molecule is CC.CC.CC1(C)OC2C=Cc3ccccc3C2O1. The standard InChI is InChI=1S/C13H14O2.2C2H6/c1-13(2)14-11-8-7-9-5-3-4-6-10(9)12(11)15-13;2*1-2/h3-8,11-12H,1-2H3;2*1-2H3. The van der Waals surface area contributed by atoms with Crippen LogP contribution in [0.15, 0.2) is 30.3 Å². The Labute approximate surface area is 117 Å². The fourth-order valence-corrected chi connectivity index (χ4v) is 2.29. The Kier molecular flexibility index (Phi) is 5.77. The van der Waals surface area contributed by atoms with Gasteiger partial charge in [-0.05, 0) is 25.0 Å². The van der Waals surface area contributed by atoms with Crippen molar-refractivity contribution in [1.29, 1.82) is 0 Å². The molecule has 2 aliphatic rings. The largest absolute Gasteiger partial charge is 0.340 e. The zero-order valence-electron chi connectivity index (χ0n) is 12.9. The van der Waals surface area contributed by atoms with Crippen LogP contribution in [0.5, 0.6) is 0 Å². The van der Waals surface area contributed by atoms with E-state index in [9.17, 15) is 0 Å². The summed E-state index contributed by atoms with van der Waals surface area (Å²) in [6.45, 7) is 11.9. The van der Waals surface area contributed by atoms with Gasteiger partial charge in [-0.3, -0.25) is 0 Å². The molecule has 1 aromatic carbocycles. The molecule has 0 aromatic heterocycles. The number of hydrogen-bond acceptors (Lipinski definition) is 2. The summed E-state index contributed by atoms with van der Waals surface area (Å²) >= 11 is 0. The minimum absolute atomic E-state index is 0.0567. The van der Waals surface area contributed by atoms with Gasteiger partial charge in [0.15, 0.2) is 5.79 Å². The van der Waals surface area contributed by atoms with Gasteiger partial charge in [-0.1, -0.05) is 64.1 Å². The van der Waals surface area contributed by atoms with E-state index in [-0.39, 0.29) is 12.2 Å². The van der Waals surface area contributed by atoms with E-state index in [0.717, 1.165) is 0 Å². The van der Waals surface area contributed by atoms with Gasteiger partial charge < -0.3 is 9.47 Å². The van der Waals surface area contributed by atoms with Crippen LogP contribution in [0.2, 0.25) is 0 Å². The van der Waals surface area contributed by atoms with Crippen molar-refractivity contribution in [2.24, 2.45) is 0 Å². The maximum atomic E-state index is 5.91. The molecule has 106 valence electrons. The van der Waals surface area contributed by atoms with E-state index in [1.165, 1.54) is 11.1 Å². The topological polar surface area (TPSA) is 18.5 Å². The zero-order valence-corrected chi connectivity index (χ0v) is 12.9. The molecule has 3 rings (SSSR count). The summed E-state index contributed by atoms with van der Waals surface area (Å²) in [6.07, 6.45) is 4.32. The first-order valence-corrected chi connectivity index (χ1v) is 7.28. The summed E-state index contributed by atoms with van der Waals surface area (Å²) in [5.74, 6) is -0.475. The molecule has 0 radical (unpaired) electrons. The van der Waals surface area contributed by atoms with Gasteiger partial charge >= 0.3 is 0 Å². The number of hydrogen-bond donors (Lipinski definition) is 0. The summed E-state index contributed by atoms with van der Waals surface area (Å²) in [6, 6.07) is 8.31. The number of rotatable bonds is 0. The van der Waals surface area contributed by atoms with Crippen LogP contribution >= 0.6 is 0 Å².